The Hall–Kier alpha value is -13.6. The molecule has 0 spiro atoms. The third-order valence-electron chi connectivity index (χ3n) is 15.7. The number of hydrogen-bond donors (Lipinski definition) is 9. The number of nitrogens with two attached hydrogens (primary N) is 5. The van der Waals surface area contributed by atoms with Crippen molar-refractivity contribution in [3.8, 4) is 22.5 Å². The molecule has 24 heteroatoms. The van der Waals surface area contributed by atoms with Crippen LogP contribution in [0.15, 0.2) is 248 Å². The first-order valence-electron chi connectivity index (χ1n) is 31.2. The van der Waals surface area contributed by atoms with E-state index in [0.29, 0.717) is 82.6 Å². The zero-order valence-corrected chi connectivity index (χ0v) is 54.7. The van der Waals surface area contributed by atoms with Gasteiger partial charge < -0.3 is 54.1 Å². The highest BCUT2D eigenvalue weighted by molar-refractivity contribution is 6.07. The number of carboxylic acid groups (broad SMARTS) is 1. The fourth-order valence-electron chi connectivity index (χ4n) is 10.4. The van der Waals surface area contributed by atoms with Gasteiger partial charge in [-0.15, -0.1) is 0 Å². The molecule has 5 heterocycles. The number of benzene rings is 8. The smallest absolute Gasteiger partial charge is 0.338 e. The summed E-state index contributed by atoms with van der Waals surface area (Å²) in [4.78, 5) is 59.7. The average Bonchev–Trinajstić information content (AvgIpc) is 0.899. The molecule has 0 aliphatic carbocycles. The maximum atomic E-state index is 13.3. The summed E-state index contributed by atoms with van der Waals surface area (Å²) >= 11 is 0. The van der Waals surface area contributed by atoms with Crippen LogP contribution >= 0.6 is 0 Å². The van der Waals surface area contributed by atoms with E-state index in [-0.39, 0.29) is 29.0 Å². The second-order valence-electron chi connectivity index (χ2n) is 23.1. The van der Waals surface area contributed by atoms with Crippen molar-refractivity contribution in [2.75, 3.05) is 38.9 Å². The van der Waals surface area contributed by atoms with Crippen molar-refractivity contribution in [1.29, 1.82) is 0 Å². The number of anilines is 7. The Bertz CT molecular complexity index is 5020. The van der Waals surface area contributed by atoms with E-state index in [2.05, 4.69) is 36.3 Å². The molecule has 0 atom stereocenters. The number of aromatic carboxylic acids is 1. The van der Waals surface area contributed by atoms with Gasteiger partial charge in [0.05, 0.1) is 96.3 Å². The number of rotatable bonds is 18. The molecule has 504 valence electrons. The van der Waals surface area contributed by atoms with Gasteiger partial charge in [-0.25, -0.2) is 9.18 Å². The van der Waals surface area contributed by atoms with Crippen LogP contribution in [-0.4, -0.2) is 73.8 Å². The molecule has 0 saturated heterocycles. The van der Waals surface area contributed by atoms with Crippen LogP contribution in [0.1, 0.15) is 90.7 Å². The number of carbonyl (C=O) groups excluding carboxylic acids is 4. The number of para-hydroxylation sites is 5. The molecule has 0 saturated carbocycles. The van der Waals surface area contributed by atoms with Crippen LogP contribution in [0.5, 0.6) is 0 Å². The lowest BCUT2D eigenvalue weighted by Gasteiger charge is -2.12. The average molecular weight is 1340 g/mol. The second kappa shape index (κ2) is 32.2. The molecule has 14 N–H and O–H groups in total. The van der Waals surface area contributed by atoms with E-state index < -0.39 is 17.7 Å². The summed E-state index contributed by atoms with van der Waals surface area (Å²) in [5.74, 6) is -1.94. The fourth-order valence-corrected chi connectivity index (χ4v) is 10.4. The minimum Gasteiger partial charge on any atom is -0.478 e. The Labute approximate surface area is 574 Å². The summed E-state index contributed by atoms with van der Waals surface area (Å²) in [6.45, 7) is 8.21. The van der Waals surface area contributed by atoms with Crippen molar-refractivity contribution in [3.05, 3.63) is 316 Å². The summed E-state index contributed by atoms with van der Waals surface area (Å²) in [6.07, 6.45) is 15.5. The van der Waals surface area contributed by atoms with Gasteiger partial charge in [-0.05, 0) is 181 Å². The van der Waals surface area contributed by atoms with Crippen molar-refractivity contribution >= 4 is 69.4 Å². The number of carbonyl (C=O) groups is 5. The first-order chi connectivity index (χ1) is 48.2. The Balaban J connectivity index is 0.000000144. The Kier molecular flexibility index (Phi) is 22.3. The van der Waals surface area contributed by atoms with Crippen LogP contribution in [0.4, 0.5) is 44.2 Å². The predicted octanol–water partition coefficient (Wildman–Crippen LogP) is 12.6. The molecule has 23 nitrogen and oxygen atoms in total. The number of nitrogens with one attached hydrogen (secondary N) is 3. The van der Waals surface area contributed by atoms with Crippen molar-refractivity contribution in [2.24, 2.45) is 5.73 Å². The van der Waals surface area contributed by atoms with Crippen molar-refractivity contribution in [3.63, 3.8) is 0 Å². The fraction of sp³-hybridized carbons (Fsp3) is 0.0921. The van der Waals surface area contributed by atoms with Crippen LogP contribution in [0.3, 0.4) is 0 Å². The first-order valence-corrected chi connectivity index (χ1v) is 31.2. The first kappa shape index (κ1) is 69.2. The Morgan fingerprint density at radius 2 is 1.01 bits per heavy atom. The van der Waals surface area contributed by atoms with Crippen LogP contribution in [-0.2, 0) is 26.2 Å². The lowest BCUT2D eigenvalue weighted by atomic mass is 9.95. The van der Waals surface area contributed by atoms with Crippen molar-refractivity contribution in [2.45, 2.75) is 47.0 Å². The van der Waals surface area contributed by atoms with E-state index in [1.165, 1.54) is 35.3 Å². The third-order valence-corrected chi connectivity index (χ3v) is 15.7. The summed E-state index contributed by atoms with van der Waals surface area (Å²) < 4.78 is 25.8. The number of nitrogen functional groups attached to an aromatic ring is 4. The van der Waals surface area contributed by atoms with Gasteiger partial charge >= 0.3 is 5.97 Å². The topological polar surface area (TPSA) is 356 Å². The second-order valence-corrected chi connectivity index (χ2v) is 23.1. The largest absolute Gasteiger partial charge is 0.478 e. The number of halogens is 1. The normalized spacial score (nSPS) is 10.6. The Morgan fingerprint density at radius 1 is 0.470 bits per heavy atom. The molecule has 100 heavy (non-hydrogen) atoms. The molecule has 0 aliphatic rings. The minimum atomic E-state index is -1.02. The number of nitrogens with zero attached hydrogens (tertiary/aromatic N) is 8. The van der Waals surface area contributed by atoms with E-state index >= 15 is 0 Å². The molecule has 0 fully saturated rings. The van der Waals surface area contributed by atoms with E-state index in [4.69, 9.17) is 38.2 Å². The van der Waals surface area contributed by atoms with Gasteiger partial charge in [-0.1, -0.05) is 72.8 Å². The summed E-state index contributed by atoms with van der Waals surface area (Å²) in [5.41, 5.74) is 44.3. The molecule has 0 bridgehead atoms. The molecule has 0 unspecified atom stereocenters. The molecule has 0 radical (unpaired) electrons. The number of carboxylic acids is 1. The van der Waals surface area contributed by atoms with Crippen molar-refractivity contribution in [1.82, 2.24) is 39.1 Å². The number of furan rings is 1. The molecular weight excluding hydrogens is 1270 g/mol. The molecule has 8 aromatic carbocycles. The molecule has 13 aromatic rings. The zero-order valence-electron chi connectivity index (χ0n) is 54.7. The van der Waals surface area contributed by atoms with Gasteiger partial charge in [0, 0.05) is 64.5 Å². The van der Waals surface area contributed by atoms with Crippen LogP contribution in [0.2, 0.25) is 0 Å². The summed E-state index contributed by atoms with van der Waals surface area (Å²) in [6, 6.07) is 54.8. The Morgan fingerprint density at radius 3 is 1.57 bits per heavy atom. The maximum absolute atomic E-state index is 13.3. The SMILES string of the molecule is Cc1cc(C(=O)Nc2ccccc2N)ccc1Cn1cccn1.Cc1cnn(Cc2ccc(C(=O)Nc3cc(F)ccc3N)cc2C)c1.NC(=O)c1ccc(Cn2cc(-c3ccco3)cn2)cc1-c1ccccc1N.Nc1ccccc1NC(=O)c1ccc(Cn2cc(C(=O)O)cn2)cc1. The van der Waals surface area contributed by atoms with E-state index in [9.17, 15) is 28.4 Å². The summed E-state index contributed by atoms with van der Waals surface area (Å²) in [5, 5.41) is 34.0. The lowest BCUT2D eigenvalue weighted by Crippen LogP contribution is -2.14. The van der Waals surface area contributed by atoms with E-state index in [0.717, 1.165) is 61.4 Å². The molecular formula is C76H71FN16O7. The van der Waals surface area contributed by atoms with Gasteiger partial charge in [-0.2, -0.15) is 20.4 Å². The highest BCUT2D eigenvalue weighted by atomic mass is 19.1. The van der Waals surface area contributed by atoms with Crippen LogP contribution in [0.25, 0.3) is 22.5 Å². The standard InChI is InChI=1S/C21H18N4O2.C19H19FN4O.C18H16N4O3.C18H18N4O/c22-19-5-2-1-4-16(19)18-10-14(7-8-17(18)21(23)26)12-25-13-15(11-24-25)20-6-3-9-27-20;1-12-9-22-24(10-12)11-15-4-3-14(7-13(15)2)19(25)23-18-8-16(20)5-6-17(18)21;19-15-3-1-2-4-16(15)21-17(23)13-7-5-12(6-8-13)10-22-11-14(9-20-22)18(24)25;1-13-11-14(7-8-15(13)12-22-10-4-9-20-22)18(23)21-17-6-3-2-5-16(17)19/h1-11,13H,12,22H2,(H2,23,26);3-10H,11,21H2,1-2H3,(H,23,25);1-9,11H,10,19H2,(H,21,23)(H,24,25);2-11H,12,19H2,1H3,(H,21,23). The monoisotopic (exact) mass is 1340 g/mol. The van der Waals surface area contributed by atoms with Crippen LogP contribution < -0.4 is 44.6 Å². The van der Waals surface area contributed by atoms with E-state index in [1.807, 2.05) is 138 Å². The number of aryl methyl sites for hydroxylation is 3. The number of primary amides is 1. The van der Waals surface area contributed by atoms with Gasteiger partial charge in [0.15, 0.2) is 0 Å². The quantitative estimate of drug-likeness (QED) is 0.0361. The predicted molar refractivity (Wildman–Crippen MR) is 385 cm³/mol. The lowest BCUT2D eigenvalue weighted by molar-refractivity contribution is 0.0695. The minimum absolute atomic E-state index is 0.136. The van der Waals surface area contributed by atoms with Gasteiger partial charge in [-0.3, -0.25) is 37.9 Å². The van der Waals surface area contributed by atoms with Gasteiger partial charge in [0.1, 0.15) is 11.6 Å². The number of amides is 4. The van der Waals surface area contributed by atoms with Crippen LogP contribution in [0, 0.1) is 26.6 Å². The highest BCUT2D eigenvalue weighted by Gasteiger charge is 2.17. The van der Waals surface area contributed by atoms with Gasteiger partial charge in [0.25, 0.3) is 17.7 Å². The number of aromatic nitrogens is 8. The van der Waals surface area contributed by atoms with Gasteiger partial charge in [0.2, 0.25) is 5.91 Å². The van der Waals surface area contributed by atoms with E-state index in [1.54, 1.807) is 110 Å². The number of hydrogen-bond acceptors (Lipinski definition) is 14. The van der Waals surface area contributed by atoms with Crippen molar-refractivity contribution < 1.29 is 37.9 Å². The third kappa shape index (κ3) is 18.4. The zero-order chi connectivity index (χ0) is 70.8. The summed E-state index contributed by atoms with van der Waals surface area (Å²) in [7, 11) is 0. The molecule has 13 rings (SSSR count). The highest BCUT2D eigenvalue weighted by Crippen LogP contribution is 2.31. The molecule has 0 aliphatic heterocycles. The maximum Gasteiger partial charge on any atom is 0.338 e. The molecule has 4 amide bonds. The molecule has 5 aromatic heterocycles.